The summed E-state index contributed by atoms with van der Waals surface area (Å²) in [5.74, 6) is -7.25. The molecule has 3 saturated carbocycles. The first-order valence-corrected chi connectivity index (χ1v) is 6.84. The molecule has 1 nitrogen and oxygen atoms in total. The monoisotopic (exact) mass is 384 g/mol. The molecule has 19 heavy (non-hydrogen) atoms. The summed E-state index contributed by atoms with van der Waals surface area (Å²) < 4.78 is 54.5. The molecule has 1 aromatic rings. The van der Waals surface area contributed by atoms with Crippen molar-refractivity contribution in [1.29, 1.82) is 0 Å². The molecular weight excluding hydrogens is 375 g/mol. The van der Waals surface area contributed by atoms with Crippen molar-refractivity contribution in [2.24, 2.45) is 5.41 Å². The predicted molar refractivity (Wildman–Crippen MR) is 68.7 cm³/mol. The van der Waals surface area contributed by atoms with E-state index in [9.17, 15) is 22.4 Å². The lowest BCUT2D eigenvalue weighted by molar-refractivity contribution is -0.213. The highest BCUT2D eigenvalue weighted by atomic mass is 127. The van der Waals surface area contributed by atoms with Crippen LogP contribution < -0.4 is 0 Å². The van der Waals surface area contributed by atoms with Gasteiger partial charge in [0.25, 0.3) is 0 Å². The van der Waals surface area contributed by atoms with E-state index >= 15 is 0 Å². The topological polar surface area (TPSA) is 17.1 Å². The number of rotatable bonds is 3. The molecule has 0 atom stereocenters. The van der Waals surface area contributed by atoms with Gasteiger partial charge in [0.1, 0.15) is 11.6 Å². The molecular formula is C13H9F4IO. The van der Waals surface area contributed by atoms with Crippen LogP contribution >= 0.6 is 22.6 Å². The van der Waals surface area contributed by atoms with Crippen LogP contribution in [0.3, 0.4) is 0 Å². The van der Waals surface area contributed by atoms with Gasteiger partial charge in [-0.25, -0.2) is 8.78 Å². The van der Waals surface area contributed by atoms with E-state index in [1.807, 2.05) is 0 Å². The van der Waals surface area contributed by atoms with Crippen LogP contribution in [0.5, 0.6) is 0 Å². The SMILES string of the molecule is O=C(c1ccc(F)cc1F)C(F)(F)C12CC(I)(C1)C2. The summed E-state index contributed by atoms with van der Waals surface area (Å²) in [6.45, 7) is 0. The molecule has 4 rings (SSSR count). The largest absolute Gasteiger partial charge is 0.315 e. The first kappa shape index (κ1) is 13.3. The highest BCUT2D eigenvalue weighted by molar-refractivity contribution is 14.1. The molecule has 2 bridgehead atoms. The lowest BCUT2D eigenvalue weighted by atomic mass is 9.41. The van der Waals surface area contributed by atoms with Crippen LogP contribution in [0.2, 0.25) is 0 Å². The molecule has 0 unspecified atom stereocenters. The standard InChI is InChI=1S/C13H9F4IO/c14-7-1-2-8(9(15)3-7)10(19)13(16,17)11-4-12(18,5-11)6-11/h1-3H,4-6H2. The number of hydrogen-bond donors (Lipinski definition) is 0. The number of ketones is 1. The minimum Gasteiger partial charge on any atom is -0.287 e. The molecule has 102 valence electrons. The van der Waals surface area contributed by atoms with Crippen LogP contribution in [-0.2, 0) is 0 Å². The zero-order valence-corrected chi connectivity index (χ0v) is 11.8. The van der Waals surface area contributed by atoms with Crippen LogP contribution in [0.1, 0.15) is 29.6 Å². The van der Waals surface area contributed by atoms with Gasteiger partial charge < -0.3 is 0 Å². The third kappa shape index (κ3) is 1.68. The summed E-state index contributed by atoms with van der Waals surface area (Å²) in [4.78, 5) is 11.9. The first-order valence-electron chi connectivity index (χ1n) is 5.76. The molecule has 0 amide bonds. The van der Waals surface area contributed by atoms with Crippen molar-refractivity contribution >= 4 is 28.4 Å². The Labute approximate surface area is 120 Å². The lowest BCUT2D eigenvalue weighted by Crippen LogP contribution is -2.72. The van der Waals surface area contributed by atoms with Crippen molar-refractivity contribution in [2.45, 2.75) is 28.6 Å². The van der Waals surface area contributed by atoms with Gasteiger partial charge in [-0.05, 0) is 31.4 Å². The molecule has 1 aromatic carbocycles. The van der Waals surface area contributed by atoms with Gasteiger partial charge in [-0.15, -0.1) is 0 Å². The van der Waals surface area contributed by atoms with E-state index in [0.29, 0.717) is 6.07 Å². The Hall–Kier alpha value is -0.660. The number of Topliss-reactive ketones (excluding diaryl/α,β-unsaturated/α-hetero) is 1. The summed E-state index contributed by atoms with van der Waals surface area (Å²) in [5, 5.41) is 0. The zero-order chi connectivity index (χ0) is 14.1. The molecule has 0 aromatic heterocycles. The number of alkyl halides is 3. The van der Waals surface area contributed by atoms with Crippen LogP contribution in [-0.4, -0.2) is 15.1 Å². The summed E-state index contributed by atoms with van der Waals surface area (Å²) in [7, 11) is 0. The van der Waals surface area contributed by atoms with Gasteiger partial charge in [0.05, 0.1) is 5.56 Å². The predicted octanol–water partition coefficient (Wildman–Crippen LogP) is 4.14. The van der Waals surface area contributed by atoms with E-state index in [4.69, 9.17) is 0 Å². The second-order valence-electron chi connectivity index (χ2n) is 5.49. The number of carbonyl (C=O) groups is 1. The second kappa shape index (κ2) is 3.71. The first-order chi connectivity index (χ1) is 8.69. The molecule has 3 fully saturated rings. The Kier molecular flexibility index (Phi) is 2.60. The molecule has 0 N–H and O–H groups in total. The van der Waals surface area contributed by atoms with Gasteiger partial charge in [0.2, 0.25) is 5.78 Å². The molecule has 6 heteroatoms. The summed E-state index contributed by atoms with van der Waals surface area (Å²) in [6.07, 6.45) is 0.840. The second-order valence-corrected chi connectivity index (χ2v) is 7.78. The number of hydrogen-bond acceptors (Lipinski definition) is 1. The Morgan fingerprint density at radius 2 is 1.79 bits per heavy atom. The van der Waals surface area contributed by atoms with Crippen molar-refractivity contribution < 1.29 is 22.4 Å². The average molecular weight is 384 g/mol. The minimum atomic E-state index is -3.58. The van der Waals surface area contributed by atoms with Crippen molar-refractivity contribution in [1.82, 2.24) is 0 Å². The normalized spacial score (nSPS) is 32.5. The van der Waals surface area contributed by atoms with Crippen LogP contribution in [0.25, 0.3) is 0 Å². The number of halogens is 5. The highest BCUT2D eigenvalue weighted by Gasteiger charge is 2.78. The molecule has 3 aliphatic rings. The van der Waals surface area contributed by atoms with Gasteiger partial charge in [0, 0.05) is 14.9 Å². The molecule has 0 aliphatic heterocycles. The van der Waals surface area contributed by atoms with Gasteiger partial charge in [-0.2, -0.15) is 8.78 Å². The third-order valence-electron chi connectivity index (χ3n) is 4.09. The van der Waals surface area contributed by atoms with Crippen molar-refractivity contribution in [3.05, 3.63) is 35.4 Å². The van der Waals surface area contributed by atoms with Crippen molar-refractivity contribution in [2.75, 3.05) is 0 Å². The van der Waals surface area contributed by atoms with Gasteiger partial charge >= 0.3 is 5.92 Å². The van der Waals surface area contributed by atoms with E-state index in [1.54, 1.807) is 0 Å². The van der Waals surface area contributed by atoms with Gasteiger partial charge in [0.15, 0.2) is 0 Å². The Balaban J connectivity index is 1.91. The van der Waals surface area contributed by atoms with Gasteiger partial charge in [-0.3, -0.25) is 4.79 Å². The van der Waals surface area contributed by atoms with Gasteiger partial charge in [-0.1, -0.05) is 22.6 Å². The maximum Gasteiger partial charge on any atom is 0.315 e. The highest BCUT2D eigenvalue weighted by Crippen LogP contribution is 2.77. The van der Waals surface area contributed by atoms with E-state index in [1.165, 1.54) is 0 Å². The van der Waals surface area contributed by atoms with Crippen LogP contribution in [0.15, 0.2) is 18.2 Å². The van der Waals surface area contributed by atoms with E-state index in [-0.39, 0.29) is 22.7 Å². The summed E-state index contributed by atoms with van der Waals surface area (Å²) in [6, 6.07) is 2.05. The molecule has 0 saturated heterocycles. The molecule has 3 aliphatic carbocycles. The summed E-state index contributed by atoms with van der Waals surface area (Å²) in [5.41, 5.74) is -2.05. The lowest BCUT2D eigenvalue weighted by Gasteiger charge is -2.69. The maximum absolute atomic E-state index is 14.2. The number of benzene rings is 1. The molecule has 0 spiro atoms. The van der Waals surface area contributed by atoms with Crippen LogP contribution in [0.4, 0.5) is 17.6 Å². The zero-order valence-electron chi connectivity index (χ0n) is 9.65. The van der Waals surface area contributed by atoms with Crippen molar-refractivity contribution in [3.8, 4) is 0 Å². The minimum absolute atomic E-state index is 0.108. The fourth-order valence-corrected chi connectivity index (χ4v) is 5.27. The average Bonchev–Trinajstić information content (AvgIpc) is 2.22. The Bertz CT molecular complexity index is 564. The summed E-state index contributed by atoms with van der Waals surface area (Å²) >= 11 is 2.12. The molecule has 0 radical (unpaired) electrons. The van der Waals surface area contributed by atoms with E-state index < -0.39 is 34.3 Å². The van der Waals surface area contributed by atoms with E-state index in [2.05, 4.69) is 22.6 Å². The number of carbonyl (C=O) groups excluding carboxylic acids is 1. The van der Waals surface area contributed by atoms with Crippen LogP contribution in [0, 0.1) is 17.0 Å². The smallest absolute Gasteiger partial charge is 0.287 e. The van der Waals surface area contributed by atoms with Crippen molar-refractivity contribution in [3.63, 3.8) is 0 Å². The fourth-order valence-electron chi connectivity index (χ4n) is 3.08. The quantitative estimate of drug-likeness (QED) is 0.332. The fraction of sp³-hybridized carbons (Fsp3) is 0.462. The van der Waals surface area contributed by atoms with E-state index in [0.717, 1.165) is 12.1 Å². The Morgan fingerprint density at radius 1 is 1.21 bits per heavy atom. The molecule has 0 heterocycles. The third-order valence-corrected chi connectivity index (χ3v) is 5.24. The maximum atomic E-state index is 14.2. The Morgan fingerprint density at radius 3 is 2.26 bits per heavy atom.